The Kier molecular flexibility index (Phi) is 7.43. The average molecular weight is 307 g/mol. The first-order valence-electron chi connectivity index (χ1n) is 7.68. The van der Waals surface area contributed by atoms with Gasteiger partial charge in [0.05, 0.1) is 18.6 Å². The summed E-state index contributed by atoms with van der Waals surface area (Å²) in [4.78, 5) is 24.5. The van der Waals surface area contributed by atoms with Crippen molar-refractivity contribution in [3.8, 4) is 0 Å². The molecule has 22 heavy (non-hydrogen) atoms. The van der Waals surface area contributed by atoms with Crippen LogP contribution in [0.25, 0.3) is 0 Å². The maximum absolute atomic E-state index is 11.6. The zero-order valence-electron chi connectivity index (χ0n) is 13.5. The highest BCUT2D eigenvalue weighted by atomic mass is 16.5. The fraction of sp³-hybridized carbons (Fsp3) is 0.529. The number of hydrogen-bond donors (Lipinski definition) is 1. The molecule has 0 heterocycles. The summed E-state index contributed by atoms with van der Waals surface area (Å²) < 4.78 is 4.96. The number of benzene rings is 1. The van der Waals surface area contributed by atoms with Crippen molar-refractivity contribution in [1.29, 1.82) is 0 Å². The Balaban J connectivity index is 2.79. The monoisotopic (exact) mass is 307 g/mol. The van der Waals surface area contributed by atoms with E-state index in [9.17, 15) is 9.59 Å². The number of anilines is 1. The van der Waals surface area contributed by atoms with E-state index in [1.165, 1.54) is 0 Å². The number of carboxylic acids is 1. The van der Waals surface area contributed by atoms with E-state index in [0.717, 1.165) is 18.7 Å². The summed E-state index contributed by atoms with van der Waals surface area (Å²) in [5.74, 6) is -0.600. The van der Waals surface area contributed by atoms with Crippen LogP contribution in [0, 0.1) is 5.92 Å². The average Bonchev–Trinajstić information content (AvgIpc) is 2.47. The summed E-state index contributed by atoms with van der Waals surface area (Å²) >= 11 is 0. The van der Waals surface area contributed by atoms with Gasteiger partial charge in [0.15, 0.2) is 0 Å². The number of carbonyl (C=O) groups excluding carboxylic acids is 1. The second-order valence-corrected chi connectivity index (χ2v) is 5.58. The quantitative estimate of drug-likeness (QED) is 0.710. The molecule has 0 amide bonds. The second-order valence-electron chi connectivity index (χ2n) is 5.58. The van der Waals surface area contributed by atoms with Gasteiger partial charge in [-0.05, 0) is 43.5 Å². The maximum Gasteiger partial charge on any atom is 0.338 e. The molecule has 1 N–H and O–H groups in total. The summed E-state index contributed by atoms with van der Waals surface area (Å²) in [6, 6.07) is 7.12. The number of hydrogen-bond acceptors (Lipinski definition) is 4. The van der Waals surface area contributed by atoms with Crippen LogP contribution in [0.3, 0.4) is 0 Å². The van der Waals surface area contributed by atoms with Crippen LogP contribution in [-0.2, 0) is 9.53 Å². The summed E-state index contributed by atoms with van der Waals surface area (Å²) in [5, 5.41) is 8.87. The van der Waals surface area contributed by atoms with E-state index >= 15 is 0 Å². The van der Waals surface area contributed by atoms with Gasteiger partial charge in [-0.2, -0.15) is 0 Å². The number of nitrogens with zero attached hydrogens (tertiary/aromatic N) is 1. The van der Waals surface area contributed by atoms with Crippen LogP contribution >= 0.6 is 0 Å². The van der Waals surface area contributed by atoms with Gasteiger partial charge in [0.2, 0.25) is 0 Å². The SMILES string of the molecule is CCOC(=O)c1ccc(N(CCC(=O)O)CCC(C)C)cc1. The third-order valence-corrected chi connectivity index (χ3v) is 3.32. The lowest BCUT2D eigenvalue weighted by molar-refractivity contribution is -0.136. The van der Waals surface area contributed by atoms with Crippen LogP contribution in [-0.4, -0.2) is 36.7 Å². The molecule has 0 fully saturated rings. The molecule has 0 saturated heterocycles. The molecule has 0 saturated carbocycles. The van der Waals surface area contributed by atoms with Crippen molar-refractivity contribution in [2.75, 3.05) is 24.6 Å². The van der Waals surface area contributed by atoms with Gasteiger partial charge in [-0.25, -0.2) is 4.79 Å². The molecule has 122 valence electrons. The number of esters is 1. The van der Waals surface area contributed by atoms with Gasteiger partial charge in [0.1, 0.15) is 0 Å². The Bertz CT molecular complexity index is 482. The van der Waals surface area contributed by atoms with E-state index in [1.54, 1.807) is 19.1 Å². The molecular weight excluding hydrogens is 282 g/mol. The van der Waals surface area contributed by atoms with Crippen LogP contribution in [0.5, 0.6) is 0 Å². The highest BCUT2D eigenvalue weighted by molar-refractivity contribution is 5.89. The van der Waals surface area contributed by atoms with Crippen molar-refractivity contribution < 1.29 is 19.4 Å². The minimum absolute atomic E-state index is 0.0950. The summed E-state index contributed by atoms with van der Waals surface area (Å²) in [5.41, 5.74) is 1.43. The number of ether oxygens (including phenoxy) is 1. The Morgan fingerprint density at radius 2 is 1.82 bits per heavy atom. The highest BCUT2D eigenvalue weighted by Crippen LogP contribution is 2.18. The van der Waals surface area contributed by atoms with Crippen molar-refractivity contribution in [2.24, 2.45) is 5.92 Å². The number of rotatable bonds is 9. The predicted octanol–water partition coefficient (Wildman–Crippen LogP) is 3.19. The predicted molar refractivity (Wildman–Crippen MR) is 86.3 cm³/mol. The van der Waals surface area contributed by atoms with Gasteiger partial charge in [0.25, 0.3) is 0 Å². The molecular formula is C17H25NO4. The highest BCUT2D eigenvalue weighted by Gasteiger charge is 2.11. The number of carbonyl (C=O) groups is 2. The molecule has 0 radical (unpaired) electrons. The summed E-state index contributed by atoms with van der Waals surface area (Å²) in [6.07, 6.45) is 1.08. The molecule has 5 heteroatoms. The normalized spacial score (nSPS) is 10.5. The molecule has 0 aliphatic heterocycles. The van der Waals surface area contributed by atoms with E-state index < -0.39 is 5.97 Å². The zero-order valence-corrected chi connectivity index (χ0v) is 13.5. The van der Waals surface area contributed by atoms with Crippen molar-refractivity contribution in [3.05, 3.63) is 29.8 Å². The van der Waals surface area contributed by atoms with Crippen LogP contribution in [0.2, 0.25) is 0 Å². The van der Waals surface area contributed by atoms with Crippen molar-refractivity contribution in [1.82, 2.24) is 0 Å². The van der Waals surface area contributed by atoms with Crippen molar-refractivity contribution in [3.63, 3.8) is 0 Å². The molecule has 0 atom stereocenters. The topological polar surface area (TPSA) is 66.8 Å². The minimum Gasteiger partial charge on any atom is -0.481 e. The zero-order chi connectivity index (χ0) is 16.5. The van der Waals surface area contributed by atoms with Gasteiger partial charge in [0, 0.05) is 18.8 Å². The van der Waals surface area contributed by atoms with E-state index in [-0.39, 0.29) is 12.4 Å². The maximum atomic E-state index is 11.6. The first kappa shape index (κ1) is 18.0. The van der Waals surface area contributed by atoms with E-state index in [1.807, 2.05) is 17.0 Å². The van der Waals surface area contributed by atoms with Crippen molar-refractivity contribution >= 4 is 17.6 Å². The van der Waals surface area contributed by atoms with Crippen LogP contribution in [0.15, 0.2) is 24.3 Å². The standard InChI is InChI=1S/C17H25NO4/c1-4-22-17(21)14-5-7-15(8-6-14)18(11-9-13(2)3)12-10-16(19)20/h5-8,13H,4,9-12H2,1-3H3,(H,19,20). The van der Waals surface area contributed by atoms with Crippen molar-refractivity contribution in [2.45, 2.75) is 33.6 Å². The first-order valence-corrected chi connectivity index (χ1v) is 7.68. The lowest BCUT2D eigenvalue weighted by Gasteiger charge is -2.25. The third-order valence-electron chi connectivity index (χ3n) is 3.32. The lowest BCUT2D eigenvalue weighted by atomic mass is 10.1. The second kappa shape index (κ2) is 9.07. The summed E-state index contributed by atoms with van der Waals surface area (Å²) in [6.45, 7) is 7.65. The molecule has 0 bridgehead atoms. The van der Waals surface area contributed by atoms with E-state index in [0.29, 0.717) is 24.6 Å². The first-order chi connectivity index (χ1) is 10.4. The largest absolute Gasteiger partial charge is 0.481 e. The smallest absolute Gasteiger partial charge is 0.338 e. The van der Waals surface area contributed by atoms with Gasteiger partial charge < -0.3 is 14.7 Å². The number of aliphatic carboxylic acids is 1. The molecule has 0 spiro atoms. The Morgan fingerprint density at radius 1 is 1.18 bits per heavy atom. The van der Waals surface area contributed by atoms with Crippen LogP contribution in [0.1, 0.15) is 44.0 Å². The molecule has 1 rings (SSSR count). The Hall–Kier alpha value is -2.04. The van der Waals surface area contributed by atoms with Crippen LogP contribution < -0.4 is 4.90 Å². The fourth-order valence-corrected chi connectivity index (χ4v) is 2.04. The molecule has 0 aliphatic carbocycles. The molecule has 0 unspecified atom stereocenters. The van der Waals surface area contributed by atoms with Crippen LogP contribution in [0.4, 0.5) is 5.69 Å². The molecule has 0 aliphatic rings. The Labute approximate surface area is 131 Å². The van der Waals surface area contributed by atoms with Gasteiger partial charge in [-0.15, -0.1) is 0 Å². The summed E-state index contributed by atoms with van der Waals surface area (Å²) in [7, 11) is 0. The molecule has 0 aromatic heterocycles. The van der Waals surface area contributed by atoms with Gasteiger partial charge in [-0.1, -0.05) is 13.8 Å². The van der Waals surface area contributed by atoms with Gasteiger partial charge in [-0.3, -0.25) is 4.79 Å². The fourth-order valence-electron chi connectivity index (χ4n) is 2.04. The third kappa shape index (κ3) is 6.16. The Morgan fingerprint density at radius 3 is 2.32 bits per heavy atom. The molecule has 5 nitrogen and oxygen atoms in total. The van der Waals surface area contributed by atoms with Gasteiger partial charge >= 0.3 is 11.9 Å². The minimum atomic E-state index is -0.808. The lowest BCUT2D eigenvalue weighted by Crippen LogP contribution is -2.28. The van der Waals surface area contributed by atoms with E-state index in [4.69, 9.17) is 9.84 Å². The van der Waals surface area contributed by atoms with E-state index in [2.05, 4.69) is 13.8 Å². The number of carboxylic acid groups (broad SMARTS) is 1. The molecule has 1 aromatic carbocycles. The molecule has 1 aromatic rings.